The number of carbonyl (C=O) groups excluding carboxylic acids is 1. The van der Waals surface area contributed by atoms with E-state index < -0.39 is 0 Å². The Kier molecular flexibility index (Phi) is 4.82. The van der Waals surface area contributed by atoms with Crippen molar-refractivity contribution in [2.45, 2.75) is 13.0 Å². The molecule has 0 N–H and O–H groups in total. The minimum atomic E-state index is -0.0734. The van der Waals surface area contributed by atoms with E-state index in [-0.39, 0.29) is 12.0 Å². The number of nitrogens with zero attached hydrogens (tertiary/aromatic N) is 2. The molecule has 2 heterocycles. The van der Waals surface area contributed by atoms with E-state index in [1.165, 1.54) is 11.3 Å². The summed E-state index contributed by atoms with van der Waals surface area (Å²) in [5.41, 5.74) is 2.95. The van der Waals surface area contributed by atoms with E-state index in [0.29, 0.717) is 19.7 Å². The first-order valence-corrected chi connectivity index (χ1v) is 9.52. The Labute approximate surface area is 157 Å². The summed E-state index contributed by atoms with van der Waals surface area (Å²) >= 11 is 1.47. The number of aromatic nitrogens is 1. The summed E-state index contributed by atoms with van der Waals surface area (Å²) in [5, 5.41) is 0.888. The van der Waals surface area contributed by atoms with Gasteiger partial charge in [-0.2, -0.15) is 0 Å². The largest absolute Gasteiger partial charge is 0.370 e. The van der Waals surface area contributed by atoms with Crippen molar-refractivity contribution in [3.05, 3.63) is 76.8 Å². The van der Waals surface area contributed by atoms with Crippen molar-refractivity contribution in [1.29, 1.82) is 0 Å². The molecule has 5 heteroatoms. The number of rotatable bonds is 3. The summed E-state index contributed by atoms with van der Waals surface area (Å²) in [4.78, 5) is 20.3. The molecule has 0 saturated carbocycles. The lowest BCUT2D eigenvalue weighted by atomic mass is 10.1. The van der Waals surface area contributed by atoms with Crippen molar-refractivity contribution in [2.75, 3.05) is 19.7 Å². The number of morpholine rings is 1. The Hall–Kier alpha value is -2.50. The topological polar surface area (TPSA) is 42.4 Å². The van der Waals surface area contributed by atoms with E-state index in [1.807, 2.05) is 72.5 Å². The molecule has 0 aliphatic carbocycles. The molecule has 1 amide bonds. The second-order valence-corrected chi connectivity index (χ2v) is 7.32. The summed E-state index contributed by atoms with van der Waals surface area (Å²) < 4.78 is 5.88. The zero-order valence-corrected chi connectivity index (χ0v) is 15.4. The lowest BCUT2D eigenvalue weighted by Gasteiger charge is -2.33. The first-order chi connectivity index (χ1) is 12.7. The van der Waals surface area contributed by atoms with Crippen LogP contribution in [0.25, 0.3) is 10.6 Å². The highest BCUT2D eigenvalue weighted by atomic mass is 32.1. The van der Waals surface area contributed by atoms with Gasteiger partial charge in [-0.05, 0) is 12.5 Å². The normalized spacial score (nSPS) is 17.3. The van der Waals surface area contributed by atoms with Gasteiger partial charge in [0.05, 0.1) is 18.8 Å². The molecule has 1 fully saturated rings. The first-order valence-electron chi connectivity index (χ1n) is 8.71. The molecule has 4 rings (SSSR count). The van der Waals surface area contributed by atoms with Gasteiger partial charge in [0, 0.05) is 12.1 Å². The summed E-state index contributed by atoms with van der Waals surface area (Å²) in [6.07, 6.45) is -0.0734. The average Bonchev–Trinajstić information content (AvgIpc) is 3.10. The van der Waals surface area contributed by atoms with E-state index in [9.17, 15) is 4.79 Å². The molecule has 4 nitrogen and oxygen atoms in total. The quantitative estimate of drug-likeness (QED) is 0.695. The van der Waals surface area contributed by atoms with Crippen LogP contribution in [0.4, 0.5) is 0 Å². The highest BCUT2D eigenvalue weighted by Gasteiger charge is 2.28. The fourth-order valence-electron chi connectivity index (χ4n) is 3.15. The smallest absolute Gasteiger partial charge is 0.266 e. The number of ether oxygens (including phenoxy) is 1. The SMILES string of the molecule is Cc1nc(-c2ccccc2)sc1C(=O)N1CCOC(c2ccccc2)C1. The number of thiazole rings is 1. The van der Waals surface area contributed by atoms with Gasteiger partial charge in [0.1, 0.15) is 16.0 Å². The van der Waals surface area contributed by atoms with E-state index in [1.54, 1.807) is 0 Å². The molecule has 2 aromatic carbocycles. The molecule has 1 atom stereocenters. The van der Waals surface area contributed by atoms with Gasteiger partial charge in [0.2, 0.25) is 0 Å². The second-order valence-electron chi connectivity index (χ2n) is 6.32. The third kappa shape index (κ3) is 3.41. The zero-order chi connectivity index (χ0) is 17.9. The van der Waals surface area contributed by atoms with Crippen LogP contribution in [-0.2, 0) is 4.74 Å². The van der Waals surface area contributed by atoms with Crippen LogP contribution in [0.2, 0.25) is 0 Å². The van der Waals surface area contributed by atoms with Gasteiger partial charge in [0.15, 0.2) is 0 Å². The van der Waals surface area contributed by atoms with Gasteiger partial charge in [0.25, 0.3) is 5.91 Å². The molecular formula is C21H20N2O2S. The fourth-order valence-corrected chi connectivity index (χ4v) is 4.19. The van der Waals surface area contributed by atoms with Crippen molar-refractivity contribution in [2.24, 2.45) is 0 Å². The molecule has 0 bridgehead atoms. The van der Waals surface area contributed by atoms with E-state index in [2.05, 4.69) is 4.98 Å². The molecule has 1 aromatic heterocycles. The Bertz CT molecular complexity index is 893. The third-order valence-corrected chi connectivity index (χ3v) is 5.73. The summed E-state index contributed by atoms with van der Waals surface area (Å²) in [7, 11) is 0. The van der Waals surface area contributed by atoms with E-state index in [4.69, 9.17) is 4.74 Å². The summed E-state index contributed by atoms with van der Waals surface area (Å²) in [6.45, 7) is 3.64. The number of hydrogen-bond acceptors (Lipinski definition) is 4. The minimum Gasteiger partial charge on any atom is -0.370 e. The monoisotopic (exact) mass is 364 g/mol. The summed E-state index contributed by atoms with van der Waals surface area (Å²) in [6, 6.07) is 20.1. The third-order valence-electron chi connectivity index (χ3n) is 4.54. The standard InChI is InChI=1S/C21H20N2O2S/c1-15-19(26-20(22-15)17-10-6-3-7-11-17)21(24)23-12-13-25-18(14-23)16-8-4-2-5-9-16/h2-11,18H,12-14H2,1H3. The number of amides is 1. The van der Waals surface area contributed by atoms with Gasteiger partial charge < -0.3 is 9.64 Å². The molecule has 0 radical (unpaired) electrons. The van der Waals surface area contributed by atoms with Crippen molar-refractivity contribution < 1.29 is 9.53 Å². The Morgan fingerprint density at radius 3 is 2.54 bits per heavy atom. The van der Waals surface area contributed by atoms with Crippen molar-refractivity contribution >= 4 is 17.2 Å². The van der Waals surface area contributed by atoms with Crippen molar-refractivity contribution in [3.63, 3.8) is 0 Å². The van der Waals surface area contributed by atoms with Gasteiger partial charge in [-0.1, -0.05) is 60.7 Å². The second kappa shape index (κ2) is 7.40. The van der Waals surface area contributed by atoms with Crippen LogP contribution in [0.1, 0.15) is 27.0 Å². The molecule has 1 saturated heterocycles. The van der Waals surface area contributed by atoms with Crippen LogP contribution in [0.5, 0.6) is 0 Å². The Balaban J connectivity index is 1.55. The lowest BCUT2D eigenvalue weighted by Crippen LogP contribution is -2.42. The summed E-state index contributed by atoms with van der Waals surface area (Å²) in [5.74, 6) is 0.0476. The average molecular weight is 364 g/mol. The number of aryl methyl sites for hydroxylation is 1. The molecular weight excluding hydrogens is 344 g/mol. The van der Waals surface area contributed by atoms with Crippen molar-refractivity contribution in [1.82, 2.24) is 9.88 Å². The van der Waals surface area contributed by atoms with Gasteiger partial charge >= 0.3 is 0 Å². The highest BCUT2D eigenvalue weighted by molar-refractivity contribution is 7.17. The molecule has 132 valence electrons. The van der Waals surface area contributed by atoms with Crippen LogP contribution in [0.3, 0.4) is 0 Å². The van der Waals surface area contributed by atoms with Crippen LogP contribution < -0.4 is 0 Å². The van der Waals surface area contributed by atoms with Gasteiger partial charge in [-0.3, -0.25) is 4.79 Å². The van der Waals surface area contributed by atoms with Gasteiger partial charge in [-0.25, -0.2) is 4.98 Å². The molecule has 1 aliphatic heterocycles. The number of benzene rings is 2. The van der Waals surface area contributed by atoms with E-state index >= 15 is 0 Å². The zero-order valence-electron chi connectivity index (χ0n) is 14.6. The number of carbonyl (C=O) groups is 1. The minimum absolute atomic E-state index is 0.0476. The van der Waals surface area contributed by atoms with Crippen LogP contribution in [0, 0.1) is 6.92 Å². The molecule has 0 spiro atoms. The maximum absolute atomic E-state index is 13.1. The predicted molar refractivity (Wildman–Crippen MR) is 103 cm³/mol. The Morgan fingerprint density at radius 1 is 1.12 bits per heavy atom. The van der Waals surface area contributed by atoms with E-state index in [0.717, 1.165) is 26.7 Å². The molecule has 1 unspecified atom stereocenters. The van der Waals surface area contributed by atoms with Crippen LogP contribution in [0.15, 0.2) is 60.7 Å². The fraction of sp³-hybridized carbons (Fsp3) is 0.238. The van der Waals surface area contributed by atoms with Crippen LogP contribution >= 0.6 is 11.3 Å². The Morgan fingerprint density at radius 2 is 1.81 bits per heavy atom. The predicted octanol–water partition coefficient (Wildman–Crippen LogP) is 4.33. The molecule has 26 heavy (non-hydrogen) atoms. The number of hydrogen-bond donors (Lipinski definition) is 0. The maximum Gasteiger partial charge on any atom is 0.266 e. The maximum atomic E-state index is 13.1. The lowest BCUT2D eigenvalue weighted by molar-refractivity contribution is -0.0226. The first kappa shape index (κ1) is 16.9. The van der Waals surface area contributed by atoms with Gasteiger partial charge in [-0.15, -0.1) is 11.3 Å². The molecule has 3 aromatic rings. The molecule has 1 aliphatic rings. The van der Waals surface area contributed by atoms with Crippen LogP contribution in [-0.4, -0.2) is 35.5 Å². The van der Waals surface area contributed by atoms with Crippen molar-refractivity contribution in [3.8, 4) is 10.6 Å². The highest BCUT2D eigenvalue weighted by Crippen LogP contribution is 2.30.